The highest BCUT2D eigenvalue weighted by Crippen LogP contribution is 2.24. The average Bonchev–Trinajstić information content (AvgIpc) is 2.82. The second-order valence-corrected chi connectivity index (χ2v) is 9.11. The smallest absolute Gasteiger partial charge is 0.342 e. The van der Waals surface area contributed by atoms with Crippen molar-refractivity contribution in [1.29, 1.82) is 0 Å². The van der Waals surface area contributed by atoms with Crippen molar-refractivity contribution < 1.29 is 29.3 Å². The molecule has 2 aliphatic carbocycles. The molecule has 0 heterocycles. The zero-order valence-corrected chi connectivity index (χ0v) is 19.8. The Kier molecular flexibility index (Phi) is 10.3. The van der Waals surface area contributed by atoms with Crippen molar-refractivity contribution >= 4 is 11.9 Å². The topological polar surface area (TPSA) is 93.1 Å². The van der Waals surface area contributed by atoms with Gasteiger partial charge in [0.25, 0.3) is 0 Å². The lowest BCUT2D eigenvalue weighted by Crippen LogP contribution is -2.20. The molecule has 0 amide bonds. The Balaban J connectivity index is 0.000000192. The molecule has 6 nitrogen and oxygen atoms in total. The molecule has 0 radical (unpaired) electrons. The number of phenolic OH excluding ortho intramolecular Hbond substituents is 2. The van der Waals surface area contributed by atoms with Crippen molar-refractivity contribution in [3.05, 3.63) is 59.7 Å². The van der Waals surface area contributed by atoms with Crippen LogP contribution in [0.3, 0.4) is 0 Å². The number of ether oxygens (including phenoxy) is 2. The van der Waals surface area contributed by atoms with Gasteiger partial charge in [0.05, 0.1) is 5.56 Å². The van der Waals surface area contributed by atoms with Crippen molar-refractivity contribution in [2.24, 2.45) is 0 Å². The molecule has 0 aromatic heterocycles. The number of carbonyl (C=O) groups excluding carboxylic acids is 2. The third-order valence-corrected chi connectivity index (χ3v) is 6.36. The first-order valence-electron chi connectivity index (χ1n) is 12.5. The minimum absolute atomic E-state index is 0.0108. The Hall–Kier alpha value is -3.02. The number of aromatic hydroxyl groups is 2. The maximum atomic E-state index is 11.9. The number of benzene rings is 2. The van der Waals surface area contributed by atoms with Crippen LogP contribution in [-0.2, 0) is 9.47 Å². The minimum Gasteiger partial charge on any atom is -0.508 e. The van der Waals surface area contributed by atoms with Gasteiger partial charge in [0.2, 0.25) is 0 Å². The van der Waals surface area contributed by atoms with E-state index in [-0.39, 0.29) is 35.2 Å². The Bertz CT molecular complexity index is 911. The van der Waals surface area contributed by atoms with Crippen LogP contribution >= 0.6 is 0 Å². The molecule has 2 saturated carbocycles. The van der Waals surface area contributed by atoms with Crippen LogP contribution in [0.4, 0.5) is 0 Å². The third-order valence-electron chi connectivity index (χ3n) is 6.36. The van der Waals surface area contributed by atoms with Gasteiger partial charge in [-0.05, 0) is 81.7 Å². The second kappa shape index (κ2) is 13.6. The quantitative estimate of drug-likeness (QED) is 0.495. The number of hydrogen-bond donors (Lipinski definition) is 2. The number of rotatable bonds is 4. The van der Waals surface area contributed by atoms with Crippen LogP contribution < -0.4 is 0 Å². The summed E-state index contributed by atoms with van der Waals surface area (Å²) in [5.41, 5.74) is 0.685. The molecule has 34 heavy (non-hydrogen) atoms. The van der Waals surface area contributed by atoms with Crippen LogP contribution in [-0.4, -0.2) is 34.4 Å². The fraction of sp³-hybridized carbons (Fsp3) is 0.500. The maximum absolute atomic E-state index is 11.9. The summed E-state index contributed by atoms with van der Waals surface area (Å²) in [5.74, 6) is -0.646. The number of esters is 2. The standard InChI is InChI=1S/C15H20O3.C13H16O3/c16-13-8-6-7-12(11-13)15(17)18-14-9-4-2-1-3-5-10-14;14-12-9-5-4-8-11(12)13(15)16-10-6-2-1-3-7-10/h6-8,11,14,16H,1-5,9-10H2;4-5,8-10,14H,1-3,6-7H2. The lowest BCUT2D eigenvalue weighted by Gasteiger charge is -2.21. The van der Waals surface area contributed by atoms with Crippen LogP contribution in [0.5, 0.6) is 11.5 Å². The Labute approximate surface area is 201 Å². The van der Waals surface area contributed by atoms with Crippen molar-refractivity contribution in [2.75, 3.05) is 0 Å². The van der Waals surface area contributed by atoms with E-state index in [1.807, 2.05) is 0 Å². The van der Waals surface area contributed by atoms with Crippen LogP contribution in [0.15, 0.2) is 48.5 Å². The molecule has 0 atom stereocenters. The lowest BCUT2D eigenvalue weighted by atomic mass is 9.98. The zero-order valence-electron chi connectivity index (χ0n) is 19.8. The van der Waals surface area contributed by atoms with Crippen LogP contribution in [0.1, 0.15) is 97.8 Å². The fourth-order valence-corrected chi connectivity index (χ4v) is 4.43. The minimum atomic E-state index is -0.412. The van der Waals surface area contributed by atoms with Gasteiger partial charge in [-0.25, -0.2) is 9.59 Å². The molecule has 0 bridgehead atoms. The van der Waals surface area contributed by atoms with Crippen LogP contribution in [0, 0.1) is 0 Å². The van der Waals surface area contributed by atoms with Crippen LogP contribution in [0.2, 0.25) is 0 Å². The first kappa shape index (κ1) is 25.6. The first-order chi connectivity index (χ1) is 16.5. The molecule has 0 unspecified atom stereocenters. The van der Waals surface area contributed by atoms with E-state index < -0.39 is 5.97 Å². The highest BCUT2D eigenvalue weighted by molar-refractivity contribution is 5.92. The second-order valence-electron chi connectivity index (χ2n) is 9.11. The molecule has 0 saturated heterocycles. The molecule has 2 N–H and O–H groups in total. The number of phenols is 2. The Morgan fingerprint density at radius 1 is 0.647 bits per heavy atom. The molecule has 2 aromatic carbocycles. The summed E-state index contributed by atoms with van der Waals surface area (Å²) in [7, 11) is 0. The normalized spacial score (nSPS) is 17.4. The summed E-state index contributed by atoms with van der Waals surface area (Å²) in [4.78, 5) is 23.7. The highest BCUT2D eigenvalue weighted by Gasteiger charge is 2.20. The molecule has 4 rings (SSSR count). The van der Waals surface area contributed by atoms with Crippen molar-refractivity contribution in [1.82, 2.24) is 0 Å². The largest absolute Gasteiger partial charge is 0.508 e. The van der Waals surface area contributed by atoms with Gasteiger partial charge in [-0.1, -0.05) is 43.9 Å². The summed E-state index contributed by atoms with van der Waals surface area (Å²) in [6.07, 6.45) is 13.4. The molecule has 6 heteroatoms. The van der Waals surface area contributed by atoms with Gasteiger partial charge in [0, 0.05) is 0 Å². The van der Waals surface area contributed by atoms with E-state index in [9.17, 15) is 19.8 Å². The van der Waals surface area contributed by atoms with Gasteiger partial charge in [-0.2, -0.15) is 0 Å². The van der Waals surface area contributed by atoms with Gasteiger partial charge in [0.1, 0.15) is 29.3 Å². The molecule has 2 aliphatic rings. The zero-order chi connectivity index (χ0) is 24.2. The lowest BCUT2D eigenvalue weighted by molar-refractivity contribution is 0.0205. The molecule has 0 spiro atoms. The monoisotopic (exact) mass is 468 g/mol. The van der Waals surface area contributed by atoms with E-state index in [1.54, 1.807) is 36.4 Å². The molecule has 2 aromatic rings. The van der Waals surface area contributed by atoms with E-state index in [2.05, 4.69) is 0 Å². The molecule has 2 fully saturated rings. The highest BCUT2D eigenvalue weighted by atomic mass is 16.5. The maximum Gasteiger partial charge on any atom is 0.342 e. The predicted molar refractivity (Wildman–Crippen MR) is 130 cm³/mol. The van der Waals surface area contributed by atoms with Gasteiger partial charge in [0.15, 0.2) is 0 Å². The Morgan fingerprint density at radius 2 is 1.18 bits per heavy atom. The van der Waals surface area contributed by atoms with Crippen LogP contribution in [0.25, 0.3) is 0 Å². The van der Waals surface area contributed by atoms with E-state index in [4.69, 9.17) is 9.47 Å². The van der Waals surface area contributed by atoms with E-state index in [0.717, 1.165) is 51.4 Å². The van der Waals surface area contributed by atoms with E-state index >= 15 is 0 Å². The molecule has 184 valence electrons. The predicted octanol–water partition coefficient (Wildman–Crippen LogP) is 6.54. The van der Waals surface area contributed by atoms with Gasteiger partial charge < -0.3 is 19.7 Å². The van der Waals surface area contributed by atoms with Gasteiger partial charge in [-0.15, -0.1) is 0 Å². The molecule has 0 aliphatic heterocycles. The summed E-state index contributed by atoms with van der Waals surface area (Å²) in [6, 6.07) is 12.8. The van der Waals surface area contributed by atoms with Crippen molar-refractivity contribution in [3.63, 3.8) is 0 Å². The van der Waals surface area contributed by atoms with Gasteiger partial charge >= 0.3 is 11.9 Å². The van der Waals surface area contributed by atoms with Crippen molar-refractivity contribution in [2.45, 2.75) is 89.3 Å². The average molecular weight is 469 g/mol. The van der Waals surface area contributed by atoms with Crippen molar-refractivity contribution in [3.8, 4) is 11.5 Å². The number of carbonyl (C=O) groups is 2. The number of para-hydroxylation sites is 1. The molecular formula is C28H36O6. The molecular weight excluding hydrogens is 432 g/mol. The fourth-order valence-electron chi connectivity index (χ4n) is 4.43. The van der Waals surface area contributed by atoms with E-state index in [0.29, 0.717) is 5.56 Å². The summed E-state index contributed by atoms with van der Waals surface area (Å²) >= 11 is 0. The summed E-state index contributed by atoms with van der Waals surface area (Å²) in [6.45, 7) is 0. The summed E-state index contributed by atoms with van der Waals surface area (Å²) in [5, 5.41) is 18.9. The summed E-state index contributed by atoms with van der Waals surface area (Å²) < 4.78 is 10.9. The third kappa shape index (κ3) is 8.40. The SMILES string of the molecule is O=C(OC1CCCCC1)c1ccccc1O.O=C(OC1CCCCCCC1)c1cccc(O)c1. The Morgan fingerprint density at radius 3 is 1.76 bits per heavy atom. The van der Waals surface area contributed by atoms with Gasteiger partial charge in [-0.3, -0.25) is 0 Å². The van der Waals surface area contributed by atoms with E-state index in [1.165, 1.54) is 37.8 Å². The number of hydrogen-bond acceptors (Lipinski definition) is 6. The first-order valence-corrected chi connectivity index (χ1v) is 12.5.